The van der Waals surface area contributed by atoms with Gasteiger partial charge in [-0.3, -0.25) is 4.79 Å². The molecule has 3 rings (SSSR count). The van der Waals surface area contributed by atoms with Gasteiger partial charge >= 0.3 is 5.97 Å². The Morgan fingerprint density at radius 1 is 1.27 bits per heavy atom. The first-order chi connectivity index (χ1) is 12.2. The minimum Gasteiger partial charge on any atom is -0.454 e. The summed E-state index contributed by atoms with van der Waals surface area (Å²) >= 11 is 0. The van der Waals surface area contributed by atoms with Crippen molar-refractivity contribution in [3.8, 4) is 0 Å². The van der Waals surface area contributed by atoms with Crippen LogP contribution in [0.25, 0.3) is 0 Å². The summed E-state index contributed by atoms with van der Waals surface area (Å²) in [7, 11) is 1.93. The van der Waals surface area contributed by atoms with Crippen molar-refractivity contribution < 1.29 is 18.8 Å². The lowest BCUT2D eigenvalue weighted by Crippen LogP contribution is -2.25. The second kappa shape index (κ2) is 6.44. The average molecular weight is 354 g/mol. The molecule has 0 spiro atoms. The molecule has 6 nitrogen and oxygen atoms in total. The largest absolute Gasteiger partial charge is 0.454 e. The fraction of sp³-hybridized carbons (Fsp3) is 0.350. The van der Waals surface area contributed by atoms with Gasteiger partial charge in [-0.1, -0.05) is 37.2 Å². The zero-order valence-corrected chi connectivity index (χ0v) is 15.6. The number of rotatable bonds is 4. The average Bonchev–Trinajstić information content (AvgIpc) is 3.03. The van der Waals surface area contributed by atoms with Gasteiger partial charge in [0, 0.05) is 29.9 Å². The second-order valence-electron chi connectivity index (χ2n) is 6.97. The van der Waals surface area contributed by atoms with E-state index in [1.165, 1.54) is 0 Å². The fourth-order valence-electron chi connectivity index (χ4n) is 3.44. The molecule has 1 aromatic heterocycles. The number of ether oxygens (including phenoxy) is 1. The Kier molecular flexibility index (Phi) is 4.44. The van der Waals surface area contributed by atoms with Gasteiger partial charge in [-0.25, -0.2) is 4.79 Å². The highest BCUT2D eigenvalue weighted by Crippen LogP contribution is 2.46. The van der Waals surface area contributed by atoms with Crippen molar-refractivity contribution in [3.05, 3.63) is 58.6 Å². The molecule has 2 aromatic rings. The Bertz CT molecular complexity index is 889. The highest BCUT2D eigenvalue weighted by Gasteiger charge is 2.38. The third kappa shape index (κ3) is 2.92. The molecule has 0 aliphatic carbocycles. The van der Waals surface area contributed by atoms with E-state index in [0.29, 0.717) is 11.5 Å². The van der Waals surface area contributed by atoms with E-state index in [0.717, 1.165) is 16.9 Å². The monoisotopic (exact) mass is 354 g/mol. The van der Waals surface area contributed by atoms with E-state index < -0.39 is 5.97 Å². The molecule has 1 aliphatic heterocycles. The Morgan fingerprint density at radius 3 is 2.58 bits per heavy atom. The number of hydrogen-bond acceptors (Lipinski definition) is 6. The van der Waals surface area contributed by atoms with Crippen LogP contribution in [-0.4, -0.2) is 30.6 Å². The molecule has 136 valence electrons. The summed E-state index contributed by atoms with van der Waals surface area (Å²) in [6.07, 6.45) is 1.56. The summed E-state index contributed by atoms with van der Waals surface area (Å²) in [6.45, 7) is 7.11. The predicted octanol–water partition coefficient (Wildman–Crippen LogP) is 3.33. The fourth-order valence-corrected chi connectivity index (χ4v) is 3.44. The smallest absolute Gasteiger partial charge is 0.344 e. The van der Waals surface area contributed by atoms with Gasteiger partial charge in [-0.15, -0.1) is 0 Å². The van der Waals surface area contributed by atoms with Gasteiger partial charge in [-0.2, -0.15) is 0 Å². The molecule has 0 saturated heterocycles. The molecule has 0 fully saturated rings. The third-order valence-electron chi connectivity index (χ3n) is 4.82. The number of carbonyl (C=O) groups excluding carboxylic acids is 2. The Morgan fingerprint density at radius 2 is 1.96 bits per heavy atom. The van der Waals surface area contributed by atoms with Gasteiger partial charge in [0.25, 0.3) is 0 Å². The van der Waals surface area contributed by atoms with Crippen LogP contribution in [0.2, 0.25) is 0 Å². The summed E-state index contributed by atoms with van der Waals surface area (Å²) in [4.78, 5) is 26.6. The molecule has 0 bridgehead atoms. The second-order valence-corrected chi connectivity index (χ2v) is 6.97. The predicted molar refractivity (Wildman–Crippen MR) is 97.2 cm³/mol. The number of likely N-dealkylation sites (N-methyl/N-ethyl adjacent to an activating group) is 1. The Balaban J connectivity index is 1.75. The van der Waals surface area contributed by atoms with Crippen LogP contribution in [0.1, 0.15) is 41.2 Å². The van der Waals surface area contributed by atoms with Gasteiger partial charge < -0.3 is 14.2 Å². The van der Waals surface area contributed by atoms with Crippen molar-refractivity contribution in [2.45, 2.75) is 33.1 Å². The zero-order chi connectivity index (χ0) is 19.1. The number of para-hydroxylation sites is 1. The molecule has 0 saturated carbocycles. The maximum atomic E-state index is 12.4. The maximum absolute atomic E-state index is 12.4. The van der Waals surface area contributed by atoms with Crippen LogP contribution in [0.5, 0.6) is 0 Å². The van der Waals surface area contributed by atoms with Crippen molar-refractivity contribution >= 4 is 17.4 Å². The highest BCUT2D eigenvalue weighted by molar-refractivity contribution is 5.97. The molecule has 6 heteroatoms. The van der Waals surface area contributed by atoms with E-state index >= 15 is 0 Å². The first kappa shape index (κ1) is 17.9. The van der Waals surface area contributed by atoms with E-state index in [2.05, 4.69) is 25.1 Å². The quantitative estimate of drug-likeness (QED) is 0.619. The van der Waals surface area contributed by atoms with Crippen LogP contribution in [-0.2, 0) is 14.9 Å². The minimum atomic E-state index is -0.602. The summed E-state index contributed by atoms with van der Waals surface area (Å²) in [5.74, 6) is -0.492. The van der Waals surface area contributed by atoms with Crippen molar-refractivity contribution in [3.63, 3.8) is 0 Å². The Hall–Kier alpha value is -2.89. The number of aromatic nitrogens is 1. The molecular formula is C20H22N2O4. The van der Waals surface area contributed by atoms with E-state index in [1.54, 1.807) is 19.9 Å². The summed E-state index contributed by atoms with van der Waals surface area (Å²) in [5, 5.41) is 3.72. The first-order valence-corrected chi connectivity index (χ1v) is 8.41. The Labute approximate surface area is 152 Å². The van der Waals surface area contributed by atoms with Crippen molar-refractivity contribution in [2.75, 3.05) is 18.6 Å². The van der Waals surface area contributed by atoms with E-state index in [4.69, 9.17) is 9.26 Å². The van der Waals surface area contributed by atoms with Crippen LogP contribution in [0.3, 0.4) is 0 Å². The molecular weight excluding hydrogens is 332 g/mol. The van der Waals surface area contributed by atoms with E-state index in [9.17, 15) is 9.59 Å². The number of carbonyl (C=O) groups is 2. The number of aryl methyl sites for hydroxylation is 2. The lowest BCUT2D eigenvalue weighted by molar-refractivity contribution is -0.117. The van der Waals surface area contributed by atoms with E-state index in [-0.39, 0.29) is 23.4 Å². The van der Waals surface area contributed by atoms with Gasteiger partial charge in [0.2, 0.25) is 0 Å². The number of esters is 1. The summed E-state index contributed by atoms with van der Waals surface area (Å²) in [6, 6.07) is 8.06. The molecule has 0 amide bonds. The van der Waals surface area contributed by atoms with Crippen LogP contribution < -0.4 is 4.90 Å². The lowest BCUT2D eigenvalue weighted by atomic mass is 9.83. The number of fused-ring (bicyclic) bond motifs is 1. The van der Waals surface area contributed by atoms with Gasteiger partial charge in [0.05, 0.1) is 5.69 Å². The van der Waals surface area contributed by atoms with Gasteiger partial charge in [0.1, 0.15) is 11.3 Å². The normalized spacial score (nSPS) is 16.7. The number of nitrogens with zero attached hydrogens (tertiary/aromatic N) is 2. The molecule has 0 unspecified atom stereocenters. The SMILES string of the molecule is Cc1noc(C)c1C(=O)OCC(=O)C=C1N(C)c2ccccc2C1(C)C. The van der Waals surface area contributed by atoms with Crippen molar-refractivity contribution in [1.29, 1.82) is 0 Å². The molecule has 1 aromatic carbocycles. The standard InChI is InChI=1S/C20H22N2O4/c1-12-18(13(2)26-21-12)19(24)25-11-14(23)10-17-20(3,4)15-8-6-7-9-16(15)22(17)5/h6-10H,11H2,1-5H3. The van der Waals surface area contributed by atoms with Crippen LogP contribution in [0.4, 0.5) is 5.69 Å². The topological polar surface area (TPSA) is 72.6 Å². The molecule has 26 heavy (non-hydrogen) atoms. The van der Waals surface area contributed by atoms with Crippen LogP contribution in [0, 0.1) is 13.8 Å². The minimum absolute atomic E-state index is 0.271. The van der Waals surface area contributed by atoms with E-state index in [1.807, 2.05) is 30.1 Å². The molecule has 2 heterocycles. The third-order valence-corrected chi connectivity index (χ3v) is 4.82. The number of ketones is 1. The van der Waals surface area contributed by atoms with Crippen molar-refractivity contribution in [2.24, 2.45) is 0 Å². The molecule has 0 radical (unpaired) electrons. The lowest BCUT2D eigenvalue weighted by Gasteiger charge is -2.23. The first-order valence-electron chi connectivity index (χ1n) is 8.41. The van der Waals surface area contributed by atoms with Gasteiger partial charge in [0.15, 0.2) is 12.4 Å². The number of allylic oxidation sites excluding steroid dienone is 1. The summed E-state index contributed by atoms with van der Waals surface area (Å²) in [5.41, 5.74) is 3.53. The van der Waals surface area contributed by atoms with Crippen LogP contribution >= 0.6 is 0 Å². The molecule has 0 N–H and O–H groups in total. The zero-order valence-electron chi connectivity index (χ0n) is 15.6. The number of benzene rings is 1. The highest BCUT2D eigenvalue weighted by atomic mass is 16.5. The maximum Gasteiger partial charge on any atom is 0.344 e. The number of hydrogen-bond donors (Lipinski definition) is 0. The number of anilines is 1. The molecule has 0 atom stereocenters. The van der Waals surface area contributed by atoms with Crippen LogP contribution in [0.15, 0.2) is 40.6 Å². The van der Waals surface area contributed by atoms with Gasteiger partial charge in [-0.05, 0) is 25.5 Å². The molecule has 1 aliphatic rings. The van der Waals surface area contributed by atoms with Crippen molar-refractivity contribution in [1.82, 2.24) is 5.16 Å². The summed E-state index contributed by atoms with van der Waals surface area (Å²) < 4.78 is 10.1.